The number of hydrogen-bond acceptors (Lipinski definition) is 3. The second-order valence-electron chi connectivity index (χ2n) is 6.69. The van der Waals surface area contributed by atoms with Gasteiger partial charge < -0.3 is 0 Å². The Morgan fingerprint density at radius 1 is 1.11 bits per heavy atom. The average Bonchev–Trinajstić information content (AvgIpc) is 2.13. The van der Waals surface area contributed by atoms with Gasteiger partial charge in [-0.3, -0.25) is 4.79 Å². The second-order valence-corrected chi connectivity index (χ2v) is 7.07. The lowest BCUT2D eigenvalue weighted by Crippen LogP contribution is -2.25. The predicted octanol–water partition coefficient (Wildman–Crippen LogP) is 3.67. The van der Waals surface area contributed by atoms with Crippen molar-refractivity contribution in [3.05, 3.63) is 23.8 Å². The van der Waals surface area contributed by atoms with Gasteiger partial charge in [0, 0.05) is 23.4 Å². The van der Waals surface area contributed by atoms with Crippen LogP contribution in [0.25, 0.3) is 0 Å². The molecular weight excluding hydrogens is 248 g/mol. The van der Waals surface area contributed by atoms with Crippen LogP contribution in [0.5, 0.6) is 0 Å². The first kappa shape index (κ1) is 15.1. The lowest BCUT2D eigenvalue weighted by Gasteiger charge is -2.27. The van der Waals surface area contributed by atoms with Crippen LogP contribution in [0.1, 0.15) is 58.8 Å². The summed E-state index contributed by atoms with van der Waals surface area (Å²) in [5.41, 5.74) is 0.433. The molecule has 0 fully saturated rings. The first-order valence-electron chi connectivity index (χ1n) is 6.05. The number of rotatable bonds is 2. The maximum atomic E-state index is 11.6. The summed E-state index contributed by atoms with van der Waals surface area (Å²) in [5, 5.41) is -0.366. The number of carbonyl (C=O) groups excluding carboxylic acids is 1. The van der Waals surface area contributed by atoms with E-state index in [4.69, 9.17) is 11.6 Å². The molecule has 0 saturated heterocycles. The van der Waals surface area contributed by atoms with E-state index in [1.807, 2.05) is 20.8 Å². The maximum absolute atomic E-state index is 11.6. The molecule has 1 heterocycles. The van der Waals surface area contributed by atoms with E-state index in [-0.39, 0.29) is 22.0 Å². The molecule has 1 atom stereocenters. The van der Waals surface area contributed by atoms with Gasteiger partial charge in [0.1, 0.15) is 5.82 Å². The van der Waals surface area contributed by atoms with Gasteiger partial charge >= 0.3 is 0 Å². The third kappa shape index (κ3) is 3.52. The number of nitrogens with zero attached hydrogens (tertiary/aromatic N) is 2. The number of carbonyl (C=O) groups is 1. The molecule has 0 spiro atoms. The van der Waals surface area contributed by atoms with Crippen LogP contribution in [0.4, 0.5) is 0 Å². The lowest BCUT2D eigenvalue weighted by atomic mass is 9.78. The SMILES string of the molecule is CC(C)(C)c1ncc([C@@H](C(=O)Cl)C(C)(C)C)cn1. The fourth-order valence-corrected chi connectivity index (χ4v) is 2.30. The van der Waals surface area contributed by atoms with Gasteiger partial charge in [0.2, 0.25) is 5.24 Å². The molecule has 3 nitrogen and oxygen atoms in total. The minimum Gasteiger partial charge on any atom is -0.281 e. The Hall–Kier alpha value is -0.960. The molecule has 1 rings (SSSR count). The van der Waals surface area contributed by atoms with Crippen molar-refractivity contribution >= 4 is 16.8 Å². The summed E-state index contributed by atoms with van der Waals surface area (Å²) in [7, 11) is 0. The smallest absolute Gasteiger partial charge is 0.229 e. The minimum absolute atomic E-state index is 0.0965. The van der Waals surface area contributed by atoms with Crippen LogP contribution in [0.2, 0.25) is 0 Å². The van der Waals surface area contributed by atoms with Gasteiger partial charge in [0.25, 0.3) is 0 Å². The van der Waals surface area contributed by atoms with Crippen LogP contribution < -0.4 is 0 Å². The van der Waals surface area contributed by atoms with Crippen molar-refractivity contribution in [2.75, 3.05) is 0 Å². The number of halogens is 1. The Morgan fingerprint density at radius 2 is 1.56 bits per heavy atom. The quantitative estimate of drug-likeness (QED) is 0.769. The first-order valence-corrected chi connectivity index (χ1v) is 6.43. The normalized spacial score (nSPS) is 14.4. The molecule has 4 heteroatoms. The Bertz CT molecular complexity index is 427. The zero-order valence-corrected chi connectivity index (χ0v) is 12.7. The van der Waals surface area contributed by atoms with E-state index in [2.05, 4.69) is 30.7 Å². The van der Waals surface area contributed by atoms with Gasteiger partial charge in [-0.05, 0) is 17.0 Å². The fraction of sp³-hybridized carbons (Fsp3) is 0.643. The van der Waals surface area contributed by atoms with Crippen LogP contribution in [-0.4, -0.2) is 15.2 Å². The summed E-state index contributed by atoms with van der Waals surface area (Å²) in [6, 6.07) is 0. The Kier molecular flexibility index (Phi) is 4.16. The summed E-state index contributed by atoms with van der Waals surface area (Å²) < 4.78 is 0. The molecule has 0 unspecified atom stereocenters. The largest absolute Gasteiger partial charge is 0.281 e. The number of aromatic nitrogens is 2. The second kappa shape index (κ2) is 4.96. The standard InChI is InChI=1S/C14H21ClN2O/c1-13(2,3)10(11(15)18)9-7-16-12(17-8-9)14(4,5)6/h7-8,10H,1-6H3/t10-/m0/s1. The fourth-order valence-electron chi connectivity index (χ4n) is 1.85. The molecule has 0 aromatic carbocycles. The monoisotopic (exact) mass is 268 g/mol. The first-order chi connectivity index (χ1) is 8.03. The zero-order valence-electron chi connectivity index (χ0n) is 11.9. The highest BCUT2D eigenvalue weighted by atomic mass is 35.5. The summed E-state index contributed by atoms with van der Waals surface area (Å²) in [6.45, 7) is 12.1. The van der Waals surface area contributed by atoms with Crippen LogP contribution in [-0.2, 0) is 10.2 Å². The van der Waals surface area contributed by atoms with Crippen molar-refractivity contribution in [2.24, 2.45) is 5.41 Å². The Balaban J connectivity index is 3.14. The molecule has 0 bridgehead atoms. The molecule has 0 aliphatic rings. The Labute approximate surface area is 114 Å². The highest BCUT2D eigenvalue weighted by Gasteiger charge is 2.32. The van der Waals surface area contributed by atoms with E-state index in [0.29, 0.717) is 0 Å². The minimum atomic E-state index is -0.381. The third-order valence-corrected chi connectivity index (χ3v) is 2.99. The van der Waals surface area contributed by atoms with Gasteiger partial charge in [0.05, 0.1) is 5.92 Å². The molecular formula is C14H21ClN2O. The van der Waals surface area contributed by atoms with Gasteiger partial charge in [0.15, 0.2) is 0 Å². The summed E-state index contributed by atoms with van der Waals surface area (Å²) in [5.74, 6) is 0.383. The molecule has 0 aliphatic heterocycles. The molecule has 18 heavy (non-hydrogen) atoms. The van der Waals surface area contributed by atoms with Crippen molar-refractivity contribution in [1.29, 1.82) is 0 Å². The summed E-state index contributed by atoms with van der Waals surface area (Å²) >= 11 is 5.70. The molecule has 1 aromatic rings. The summed E-state index contributed by atoms with van der Waals surface area (Å²) in [6.07, 6.45) is 3.42. The van der Waals surface area contributed by atoms with E-state index >= 15 is 0 Å². The molecule has 0 aliphatic carbocycles. The molecule has 100 valence electrons. The Morgan fingerprint density at radius 3 is 1.83 bits per heavy atom. The van der Waals surface area contributed by atoms with E-state index in [9.17, 15) is 4.79 Å². The van der Waals surface area contributed by atoms with Crippen molar-refractivity contribution in [1.82, 2.24) is 9.97 Å². The average molecular weight is 269 g/mol. The third-order valence-electron chi connectivity index (χ3n) is 2.77. The number of hydrogen-bond donors (Lipinski definition) is 0. The van der Waals surface area contributed by atoms with E-state index < -0.39 is 0 Å². The van der Waals surface area contributed by atoms with Crippen LogP contribution in [0.15, 0.2) is 12.4 Å². The van der Waals surface area contributed by atoms with Gasteiger partial charge in [-0.2, -0.15) is 0 Å². The van der Waals surface area contributed by atoms with E-state index in [0.717, 1.165) is 11.4 Å². The van der Waals surface area contributed by atoms with Crippen molar-refractivity contribution in [3.8, 4) is 0 Å². The van der Waals surface area contributed by atoms with Crippen molar-refractivity contribution in [2.45, 2.75) is 52.9 Å². The van der Waals surface area contributed by atoms with E-state index in [1.165, 1.54) is 0 Å². The molecule has 0 radical (unpaired) electrons. The highest BCUT2D eigenvalue weighted by Crippen LogP contribution is 2.36. The highest BCUT2D eigenvalue weighted by molar-refractivity contribution is 6.64. The molecule has 0 N–H and O–H groups in total. The topological polar surface area (TPSA) is 42.9 Å². The van der Waals surface area contributed by atoms with Crippen LogP contribution in [0, 0.1) is 5.41 Å². The zero-order chi connectivity index (χ0) is 14.1. The predicted molar refractivity (Wildman–Crippen MR) is 73.8 cm³/mol. The summed E-state index contributed by atoms with van der Waals surface area (Å²) in [4.78, 5) is 20.3. The van der Waals surface area contributed by atoms with Gasteiger partial charge in [-0.15, -0.1) is 0 Å². The van der Waals surface area contributed by atoms with Crippen molar-refractivity contribution < 1.29 is 4.79 Å². The van der Waals surface area contributed by atoms with Gasteiger partial charge in [-0.25, -0.2) is 9.97 Å². The molecule has 0 saturated carbocycles. The molecule has 1 aromatic heterocycles. The molecule has 0 amide bonds. The van der Waals surface area contributed by atoms with Crippen LogP contribution in [0.3, 0.4) is 0 Å². The van der Waals surface area contributed by atoms with Gasteiger partial charge in [-0.1, -0.05) is 41.5 Å². The van der Waals surface area contributed by atoms with Crippen LogP contribution >= 0.6 is 11.6 Å². The maximum Gasteiger partial charge on any atom is 0.229 e. The van der Waals surface area contributed by atoms with Crippen molar-refractivity contribution in [3.63, 3.8) is 0 Å². The van der Waals surface area contributed by atoms with E-state index in [1.54, 1.807) is 12.4 Å². The lowest BCUT2D eigenvalue weighted by molar-refractivity contribution is -0.115.